The molecule has 1 aromatic rings. The number of hydrogen-bond donors (Lipinski definition) is 3. The molecule has 106 valence electrons. The zero-order chi connectivity index (χ0) is 14.1. The summed E-state index contributed by atoms with van der Waals surface area (Å²) in [6, 6.07) is 4.48. The molecule has 2 aliphatic rings. The molecule has 1 fully saturated rings. The fourth-order valence-electron chi connectivity index (χ4n) is 2.51. The number of carboxylic acid groups (broad SMARTS) is 1. The van der Waals surface area contributed by atoms with E-state index in [4.69, 9.17) is 14.6 Å². The van der Waals surface area contributed by atoms with Gasteiger partial charge < -0.3 is 25.2 Å². The van der Waals surface area contributed by atoms with E-state index < -0.39 is 18.2 Å². The second-order valence-electron chi connectivity index (χ2n) is 4.71. The van der Waals surface area contributed by atoms with Crippen molar-refractivity contribution < 1.29 is 24.2 Å². The van der Waals surface area contributed by atoms with Crippen LogP contribution < -0.4 is 20.1 Å². The van der Waals surface area contributed by atoms with E-state index in [0.717, 1.165) is 5.56 Å². The maximum atomic E-state index is 11.5. The molecule has 7 nitrogen and oxygen atoms in total. The molecular weight excluding hydrogens is 264 g/mol. The first-order chi connectivity index (χ1) is 9.63. The summed E-state index contributed by atoms with van der Waals surface area (Å²) >= 11 is 0. The highest BCUT2D eigenvalue weighted by Gasteiger charge is 2.35. The van der Waals surface area contributed by atoms with Crippen molar-refractivity contribution in [3.8, 4) is 11.5 Å². The number of rotatable bonds is 2. The number of amides is 2. The third kappa shape index (κ3) is 2.34. The maximum Gasteiger partial charge on any atom is 0.404 e. The van der Waals surface area contributed by atoms with Crippen molar-refractivity contribution in [3.63, 3.8) is 0 Å². The summed E-state index contributed by atoms with van der Waals surface area (Å²) in [5.74, 6) is 1.10. The van der Waals surface area contributed by atoms with E-state index in [1.165, 1.54) is 0 Å². The van der Waals surface area contributed by atoms with Crippen LogP contribution in [0.4, 0.5) is 4.79 Å². The van der Waals surface area contributed by atoms with E-state index in [1.807, 2.05) is 0 Å². The molecule has 3 rings (SSSR count). The fourth-order valence-corrected chi connectivity index (χ4v) is 2.51. The predicted octanol–water partition coefficient (Wildman–Crippen LogP) is 0.655. The van der Waals surface area contributed by atoms with Gasteiger partial charge >= 0.3 is 6.09 Å². The van der Waals surface area contributed by atoms with Crippen LogP contribution in [0.3, 0.4) is 0 Å². The summed E-state index contributed by atoms with van der Waals surface area (Å²) in [6.07, 6.45) is -1.01. The lowest BCUT2D eigenvalue weighted by molar-refractivity contribution is -0.119. The van der Waals surface area contributed by atoms with Crippen molar-refractivity contribution in [2.24, 2.45) is 0 Å². The first-order valence-corrected chi connectivity index (χ1v) is 6.32. The second kappa shape index (κ2) is 4.92. The van der Waals surface area contributed by atoms with Gasteiger partial charge in [0.25, 0.3) is 0 Å². The summed E-state index contributed by atoms with van der Waals surface area (Å²) in [5.41, 5.74) is 0.791. The van der Waals surface area contributed by atoms with E-state index in [-0.39, 0.29) is 12.3 Å². The van der Waals surface area contributed by atoms with Gasteiger partial charge in [0.2, 0.25) is 5.91 Å². The Labute approximate surface area is 114 Å². The normalized spacial score (nSPS) is 24.1. The first kappa shape index (κ1) is 12.6. The highest BCUT2D eigenvalue weighted by molar-refractivity contribution is 5.81. The summed E-state index contributed by atoms with van der Waals surface area (Å²) in [4.78, 5) is 22.3. The van der Waals surface area contributed by atoms with E-state index >= 15 is 0 Å². The monoisotopic (exact) mass is 278 g/mol. The van der Waals surface area contributed by atoms with Gasteiger partial charge in [-0.2, -0.15) is 0 Å². The Hall–Kier alpha value is -2.44. The van der Waals surface area contributed by atoms with Gasteiger partial charge in [0.15, 0.2) is 11.5 Å². The molecule has 3 N–H and O–H groups in total. The number of nitrogens with one attached hydrogen (secondary N) is 2. The van der Waals surface area contributed by atoms with Gasteiger partial charge in [-0.25, -0.2) is 4.79 Å². The molecule has 1 aromatic carbocycles. The third-order valence-corrected chi connectivity index (χ3v) is 3.36. The standard InChI is InChI=1S/C13H14N2O5/c16-11-6-8(14-13(17)18)12(15-11)7-1-2-9-10(5-7)20-4-3-19-9/h1-2,5,8,12,14H,3-4,6H2,(H,15,16)(H,17,18)/t8-,12-/m0/s1. The van der Waals surface area contributed by atoms with Gasteiger partial charge in [-0.1, -0.05) is 6.07 Å². The molecule has 2 amide bonds. The molecule has 0 aliphatic carbocycles. The van der Waals surface area contributed by atoms with Crippen LogP contribution in [0.5, 0.6) is 11.5 Å². The summed E-state index contributed by atoms with van der Waals surface area (Å²) in [5, 5.41) is 14.0. The first-order valence-electron chi connectivity index (χ1n) is 6.32. The molecule has 2 atom stereocenters. The Morgan fingerprint density at radius 3 is 2.80 bits per heavy atom. The Kier molecular flexibility index (Phi) is 3.09. The maximum absolute atomic E-state index is 11.5. The highest BCUT2D eigenvalue weighted by atomic mass is 16.6. The van der Waals surface area contributed by atoms with Crippen LogP contribution in [0.25, 0.3) is 0 Å². The Bertz CT molecular complexity index is 560. The zero-order valence-electron chi connectivity index (χ0n) is 10.6. The second-order valence-corrected chi connectivity index (χ2v) is 4.71. The fraction of sp³-hybridized carbons (Fsp3) is 0.385. The van der Waals surface area contributed by atoms with Crippen LogP contribution >= 0.6 is 0 Å². The highest BCUT2D eigenvalue weighted by Crippen LogP contribution is 2.34. The molecule has 2 heterocycles. The molecule has 0 saturated carbocycles. The van der Waals surface area contributed by atoms with Crippen LogP contribution in [-0.2, 0) is 4.79 Å². The Morgan fingerprint density at radius 2 is 2.05 bits per heavy atom. The molecule has 0 spiro atoms. The molecule has 0 radical (unpaired) electrons. The average Bonchev–Trinajstić information content (AvgIpc) is 2.78. The van der Waals surface area contributed by atoms with Gasteiger partial charge in [0, 0.05) is 6.42 Å². The lowest BCUT2D eigenvalue weighted by Crippen LogP contribution is -2.37. The minimum absolute atomic E-state index is 0.130. The largest absolute Gasteiger partial charge is 0.486 e. The van der Waals surface area contributed by atoms with Crippen LogP contribution in [0.2, 0.25) is 0 Å². The van der Waals surface area contributed by atoms with Gasteiger partial charge in [0.1, 0.15) is 13.2 Å². The van der Waals surface area contributed by atoms with Crippen LogP contribution in [0.1, 0.15) is 18.0 Å². The summed E-state index contributed by atoms with van der Waals surface area (Å²) in [6.45, 7) is 0.986. The van der Waals surface area contributed by atoms with Crippen molar-refractivity contribution in [2.75, 3.05) is 13.2 Å². The van der Waals surface area contributed by atoms with Crippen molar-refractivity contribution in [1.82, 2.24) is 10.6 Å². The SMILES string of the molecule is O=C(O)N[C@H]1CC(=O)N[C@H]1c1ccc2c(c1)OCCO2. The zero-order valence-corrected chi connectivity index (χ0v) is 10.6. The van der Waals surface area contributed by atoms with E-state index in [0.29, 0.717) is 24.7 Å². The van der Waals surface area contributed by atoms with Crippen LogP contribution in [-0.4, -0.2) is 36.4 Å². The summed E-state index contributed by atoms with van der Waals surface area (Å²) in [7, 11) is 0. The molecule has 1 saturated heterocycles. The van der Waals surface area contributed by atoms with Gasteiger partial charge in [-0.15, -0.1) is 0 Å². The van der Waals surface area contributed by atoms with Crippen LogP contribution in [0, 0.1) is 0 Å². The molecule has 0 bridgehead atoms. The average molecular weight is 278 g/mol. The van der Waals surface area contributed by atoms with E-state index in [9.17, 15) is 9.59 Å². The van der Waals surface area contributed by atoms with Crippen molar-refractivity contribution in [1.29, 1.82) is 0 Å². The van der Waals surface area contributed by atoms with Gasteiger partial charge in [0.05, 0.1) is 12.1 Å². The van der Waals surface area contributed by atoms with E-state index in [2.05, 4.69) is 10.6 Å². The molecule has 2 aliphatic heterocycles. The number of carbonyl (C=O) groups excluding carboxylic acids is 1. The number of hydrogen-bond acceptors (Lipinski definition) is 4. The lowest BCUT2D eigenvalue weighted by atomic mass is 10.0. The quantitative estimate of drug-likeness (QED) is 0.738. The van der Waals surface area contributed by atoms with Crippen molar-refractivity contribution in [3.05, 3.63) is 23.8 Å². The predicted molar refractivity (Wildman–Crippen MR) is 67.9 cm³/mol. The molecule has 20 heavy (non-hydrogen) atoms. The number of fused-ring (bicyclic) bond motifs is 1. The summed E-state index contributed by atoms with van der Waals surface area (Å²) < 4.78 is 10.9. The number of ether oxygens (including phenoxy) is 2. The van der Waals surface area contributed by atoms with Crippen LogP contribution in [0.15, 0.2) is 18.2 Å². The number of carbonyl (C=O) groups is 2. The molecular formula is C13H14N2O5. The Morgan fingerprint density at radius 1 is 1.30 bits per heavy atom. The van der Waals surface area contributed by atoms with Crippen molar-refractivity contribution in [2.45, 2.75) is 18.5 Å². The molecule has 0 aromatic heterocycles. The van der Waals surface area contributed by atoms with Crippen molar-refractivity contribution >= 4 is 12.0 Å². The number of benzene rings is 1. The van der Waals surface area contributed by atoms with Gasteiger partial charge in [-0.3, -0.25) is 4.79 Å². The molecule has 0 unspecified atom stereocenters. The van der Waals surface area contributed by atoms with Gasteiger partial charge in [-0.05, 0) is 17.7 Å². The lowest BCUT2D eigenvalue weighted by Gasteiger charge is -2.23. The minimum atomic E-state index is -1.14. The minimum Gasteiger partial charge on any atom is -0.486 e. The topological polar surface area (TPSA) is 96.9 Å². The third-order valence-electron chi connectivity index (χ3n) is 3.36. The Balaban J connectivity index is 1.86. The van der Waals surface area contributed by atoms with E-state index in [1.54, 1.807) is 18.2 Å². The smallest absolute Gasteiger partial charge is 0.404 e. The molecule has 7 heteroatoms.